The molecule has 1 aromatic rings. The zero-order valence-electron chi connectivity index (χ0n) is 11.8. The molecule has 0 aliphatic heterocycles. The van der Waals surface area contributed by atoms with E-state index in [1.54, 1.807) is 0 Å². The van der Waals surface area contributed by atoms with Crippen molar-refractivity contribution in [1.29, 1.82) is 0 Å². The van der Waals surface area contributed by atoms with Gasteiger partial charge in [-0.25, -0.2) is 0 Å². The standard InChI is InChI=1S/C15H26N2/c1-11(2)14-7-6-13(5)15(10-14)17-9-8-16-12(3)4/h6-7,10-12,16-17H,8-9H2,1-5H3. The van der Waals surface area contributed by atoms with Crippen LogP contribution in [0.25, 0.3) is 0 Å². The van der Waals surface area contributed by atoms with E-state index in [9.17, 15) is 0 Å². The first-order chi connectivity index (χ1) is 8.00. The van der Waals surface area contributed by atoms with Gasteiger partial charge in [0.2, 0.25) is 0 Å². The molecule has 1 rings (SSSR count). The summed E-state index contributed by atoms with van der Waals surface area (Å²) in [5.41, 5.74) is 3.98. The van der Waals surface area contributed by atoms with Crippen molar-refractivity contribution in [2.75, 3.05) is 18.4 Å². The maximum Gasteiger partial charge on any atom is 0.0373 e. The molecular formula is C15H26N2. The van der Waals surface area contributed by atoms with E-state index >= 15 is 0 Å². The van der Waals surface area contributed by atoms with Crippen LogP contribution in [0, 0.1) is 6.92 Å². The van der Waals surface area contributed by atoms with Crippen molar-refractivity contribution in [3.8, 4) is 0 Å². The fraction of sp³-hybridized carbons (Fsp3) is 0.600. The molecule has 0 radical (unpaired) electrons. The second-order valence-electron chi connectivity index (χ2n) is 5.26. The first kappa shape index (κ1) is 14.0. The van der Waals surface area contributed by atoms with Crippen molar-refractivity contribution < 1.29 is 0 Å². The fourth-order valence-corrected chi connectivity index (χ4v) is 1.75. The van der Waals surface area contributed by atoms with Gasteiger partial charge in [0, 0.05) is 24.8 Å². The van der Waals surface area contributed by atoms with Gasteiger partial charge < -0.3 is 10.6 Å². The largest absolute Gasteiger partial charge is 0.384 e. The number of nitrogens with one attached hydrogen (secondary N) is 2. The highest BCUT2D eigenvalue weighted by Crippen LogP contribution is 2.21. The lowest BCUT2D eigenvalue weighted by Gasteiger charge is -2.14. The maximum absolute atomic E-state index is 3.50. The molecule has 96 valence electrons. The summed E-state index contributed by atoms with van der Waals surface area (Å²) in [6, 6.07) is 7.25. The number of aryl methyl sites for hydroxylation is 1. The van der Waals surface area contributed by atoms with Crippen molar-refractivity contribution in [2.45, 2.75) is 46.6 Å². The fourth-order valence-electron chi connectivity index (χ4n) is 1.75. The Bertz CT molecular complexity index is 343. The molecule has 2 nitrogen and oxygen atoms in total. The minimum atomic E-state index is 0.555. The maximum atomic E-state index is 3.50. The molecule has 1 aromatic carbocycles. The van der Waals surface area contributed by atoms with Crippen LogP contribution >= 0.6 is 0 Å². The van der Waals surface area contributed by atoms with Gasteiger partial charge in [-0.3, -0.25) is 0 Å². The summed E-state index contributed by atoms with van der Waals surface area (Å²) < 4.78 is 0. The van der Waals surface area contributed by atoms with E-state index in [0.29, 0.717) is 12.0 Å². The molecule has 0 saturated heterocycles. The molecule has 0 aliphatic rings. The van der Waals surface area contributed by atoms with Gasteiger partial charge in [-0.05, 0) is 30.0 Å². The summed E-state index contributed by atoms with van der Waals surface area (Å²) in [6.45, 7) is 12.9. The monoisotopic (exact) mass is 234 g/mol. The third-order valence-electron chi connectivity index (χ3n) is 2.92. The Morgan fingerprint density at radius 1 is 1.06 bits per heavy atom. The van der Waals surface area contributed by atoms with Gasteiger partial charge in [0.05, 0.1) is 0 Å². The van der Waals surface area contributed by atoms with E-state index in [1.807, 2.05) is 0 Å². The number of anilines is 1. The molecule has 0 bridgehead atoms. The summed E-state index contributed by atoms with van der Waals surface area (Å²) in [5.74, 6) is 0.588. The van der Waals surface area contributed by atoms with Crippen molar-refractivity contribution in [1.82, 2.24) is 5.32 Å². The lowest BCUT2D eigenvalue weighted by atomic mass is 10.0. The summed E-state index contributed by atoms with van der Waals surface area (Å²) in [7, 11) is 0. The summed E-state index contributed by atoms with van der Waals surface area (Å²) >= 11 is 0. The SMILES string of the molecule is Cc1ccc(C(C)C)cc1NCCNC(C)C. The van der Waals surface area contributed by atoms with Gasteiger partial charge in [-0.1, -0.05) is 39.8 Å². The predicted molar refractivity (Wildman–Crippen MR) is 76.9 cm³/mol. The Balaban J connectivity index is 2.54. The van der Waals surface area contributed by atoms with Crippen molar-refractivity contribution >= 4 is 5.69 Å². The zero-order chi connectivity index (χ0) is 12.8. The summed E-state index contributed by atoms with van der Waals surface area (Å²) in [5, 5.41) is 6.91. The third kappa shape index (κ3) is 4.78. The number of hydrogen-bond donors (Lipinski definition) is 2. The van der Waals surface area contributed by atoms with Crippen molar-refractivity contribution in [3.63, 3.8) is 0 Å². The van der Waals surface area contributed by atoms with Crippen LogP contribution in [0.2, 0.25) is 0 Å². The smallest absolute Gasteiger partial charge is 0.0373 e. The second kappa shape index (κ2) is 6.65. The van der Waals surface area contributed by atoms with E-state index in [4.69, 9.17) is 0 Å². The Morgan fingerprint density at radius 3 is 2.35 bits per heavy atom. The Labute approximate surface area is 106 Å². The molecule has 2 N–H and O–H groups in total. The molecular weight excluding hydrogens is 208 g/mol. The normalized spacial score (nSPS) is 11.2. The molecule has 2 heteroatoms. The average Bonchev–Trinajstić information content (AvgIpc) is 2.25. The van der Waals surface area contributed by atoms with Crippen molar-refractivity contribution in [3.05, 3.63) is 29.3 Å². The van der Waals surface area contributed by atoms with Crippen LogP contribution < -0.4 is 10.6 Å². The zero-order valence-corrected chi connectivity index (χ0v) is 11.8. The van der Waals surface area contributed by atoms with Crippen LogP contribution in [0.4, 0.5) is 5.69 Å². The predicted octanol–water partition coefficient (Wildman–Crippen LogP) is 3.53. The average molecular weight is 234 g/mol. The molecule has 0 heterocycles. The molecule has 0 amide bonds. The van der Waals surface area contributed by atoms with Crippen LogP contribution in [0.3, 0.4) is 0 Å². The number of benzene rings is 1. The van der Waals surface area contributed by atoms with E-state index in [-0.39, 0.29) is 0 Å². The molecule has 0 fully saturated rings. The molecule has 0 spiro atoms. The second-order valence-corrected chi connectivity index (χ2v) is 5.26. The van der Waals surface area contributed by atoms with E-state index in [1.165, 1.54) is 16.8 Å². The number of hydrogen-bond acceptors (Lipinski definition) is 2. The van der Waals surface area contributed by atoms with Gasteiger partial charge >= 0.3 is 0 Å². The Hall–Kier alpha value is -1.02. The minimum absolute atomic E-state index is 0.555. The van der Waals surface area contributed by atoms with Crippen LogP contribution in [-0.4, -0.2) is 19.1 Å². The van der Waals surface area contributed by atoms with Crippen molar-refractivity contribution in [2.24, 2.45) is 0 Å². The summed E-state index contributed by atoms with van der Waals surface area (Å²) in [4.78, 5) is 0. The lowest BCUT2D eigenvalue weighted by Crippen LogP contribution is -2.28. The quantitative estimate of drug-likeness (QED) is 0.736. The molecule has 0 aliphatic carbocycles. The molecule has 0 unspecified atom stereocenters. The summed E-state index contributed by atoms with van der Waals surface area (Å²) in [6.07, 6.45) is 0. The first-order valence-electron chi connectivity index (χ1n) is 6.58. The van der Waals surface area contributed by atoms with Crippen LogP contribution in [-0.2, 0) is 0 Å². The topological polar surface area (TPSA) is 24.1 Å². The highest BCUT2D eigenvalue weighted by atomic mass is 15.0. The first-order valence-corrected chi connectivity index (χ1v) is 6.58. The van der Waals surface area contributed by atoms with Crippen LogP contribution in [0.5, 0.6) is 0 Å². The molecule has 0 saturated carbocycles. The van der Waals surface area contributed by atoms with E-state index < -0.39 is 0 Å². The van der Waals surface area contributed by atoms with Gasteiger partial charge in [0.25, 0.3) is 0 Å². The van der Waals surface area contributed by atoms with E-state index in [2.05, 4.69) is 63.5 Å². The van der Waals surface area contributed by atoms with Gasteiger partial charge in [0.15, 0.2) is 0 Å². The van der Waals surface area contributed by atoms with E-state index in [0.717, 1.165) is 13.1 Å². The van der Waals surface area contributed by atoms with Gasteiger partial charge in [0.1, 0.15) is 0 Å². The highest BCUT2D eigenvalue weighted by Gasteiger charge is 2.03. The number of rotatable bonds is 6. The van der Waals surface area contributed by atoms with Gasteiger partial charge in [-0.15, -0.1) is 0 Å². The van der Waals surface area contributed by atoms with Crippen LogP contribution in [0.1, 0.15) is 44.7 Å². The highest BCUT2D eigenvalue weighted by molar-refractivity contribution is 5.53. The molecule has 0 aromatic heterocycles. The third-order valence-corrected chi connectivity index (χ3v) is 2.92. The molecule has 0 atom stereocenters. The molecule has 17 heavy (non-hydrogen) atoms. The Kier molecular flexibility index (Phi) is 5.49. The van der Waals surface area contributed by atoms with Crippen LogP contribution in [0.15, 0.2) is 18.2 Å². The lowest BCUT2D eigenvalue weighted by molar-refractivity contribution is 0.602. The Morgan fingerprint density at radius 2 is 1.76 bits per heavy atom. The minimum Gasteiger partial charge on any atom is -0.384 e. The van der Waals surface area contributed by atoms with Gasteiger partial charge in [-0.2, -0.15) is 0 Å².